The summed E-state index contributed by atoms with van der Waals surface area (Å²) >= 11 is 0. The van der Waals surface area contributed by atoms with Gasteiger partial charge in [0.15, 0.2) is 0 Å². The molecular weight excluding hydrogens is 292 g/mol. The third-order valence-corrected chi connectivity index (χ3v) is 4.58. The zero-order valence-electron chi connectivity index (χ0n) is 10.9. The minimum absolute atomic E-state index is 0.117. The molecule has 2 aromatic rings. The first-order valence-corrected chi connectivity index (χ1v) is 7.52. The van der Waals surface area contributed by atoms with Gasteiger partial charge in [-0.3, -0.25) is 0 Å². The molecule has 0 radical (unpaired) electrons. The Balaban J connectivity index is 2.24. The Morgan fingerprint density at radius 3 is 1.95 bits per heavy atom. The van der Waals surface area contributed by atoms with Gasteiger partial charge in [-0.1, -0.05) is 0 Å². The van der Waals surface area contributed by atoms with Crippen LogP contribution in [0.15, 0.2) is 58.3 Å². The molecular formula is C14H13N2O4S-. The number of nitrogens with two attached hydrogens (primary N) is 1. The fraction of sp³-hybridized carbons (Fsp3) is 0.0714. The van der Waals surface area contributed by atoms with E-state index in [0.29, 0.717) is 11.4 Å². The lowest BCUT2D eigenvalue weighted by atomic mass is 10.3. The topological polar surface area (TPSA) is 112 Å². The maximum atomic E-state index is 12.4. The van der Waals surface area contributed by atoms with Gasteiger partial charge in [-0.05, 0) is 48.5 Å². The summed E-state index contributed by atoms with van der Waals surface area (Å²) in [6.07, 6.45) is 0. The molecule has 110 valence electrons. The SMILES string of the molecule is Nc1ccc(S(=O)(=O)c2ccc(NCC(=O)[O-])cc2)cc1. The van der Waals surface area contributed by atoms with Gasteiger partial charge in [0.25, 0.3) is 0 Å². The van der Waals surface area contributed by atoms with Gasteiger partial charge in [-0.25, -0.2) is 8.42 Å². The Labute approximate surface area is 122 Å². The normalized spacial score (nSPS) is 11.0. The quantitative estimate of drug-likeness (QED) is 0.766. The molecule has 0 bridgehead atoms. The molecule has 2 rings (SSSR count). The number of benzene rings is 2. The fourth-order valence-electron chi connectivity index (χ4n) is 1.71. The van der Waals surface area contributed by atoms with Crippen molar-refractivity contribution in [2.75, 3.05) is 17.6 Å². The van der Waals surface area contributed by atoms with Gasteiger partial charge in [-0.2, -0.15) is 0 Å². The average Bonchev–Trinajstić information content (AvgIpc) is 2.46. The summed E-state index contributed by atoms with van der Waals surface area (Å²) in [5, 5.41) is 12.9. The van der Waals surface area contributed by atoms with E-state index in [0.717, 1.165) is 0 Å². The second kappa shape index (κ2) is 5.84. The fourth-order valence-corrected chi connectivity index (χ4v) is 2.97. The van der Waals surface area contributed by atoms with E-state index in [-0.39, 0.29) is 16.3 Å². The molecule has 0 heterocycles. The molecule has 0 aliphatic carbocycles. The van der Waals surface area contributed by atoms with Crippen LogP contribution in [-0.2, 0) is 14.6 Å². The van der Waals surface area contributed by atoms with Crippen molar-refractivity contribution in [1.82, 2.24) is 0 Å². The molecule has 0 amide bonds. The van der Waals surface area contributed by atoms with Crippen molar-refractivity contribution in [3.8, 4) is 0 Å². The summed E-state index contributed by atoms with van der Waals surface area (Å²) in [5.74, 6) is -1.24. The molecule has 6 nitrogen and oxygen atoms in total. The van der Waals surface area contributed by atoms with Gasteiger partial charge in [0, 0.05) is 11.4 Å². The largest absolute Gasteiger partial charge is 0.548 e. The lowest BCUT2D eigenvalue weighted by Crippen LogP contribution is -2.30. The van der Waals surface area contributed by atoms with E-state index in [9.17, 15) is 18.3 Å². The van der Waals surface area contributed by atoms with Crippen LogP contribution in [0.25, 0.3) is 0 Å². The predicted molar refractivity (Wildman–Crippen MR) is 76.2 cm³/mol. The highest BCUT2D eigenvalue weighted by Gasteiger charge is 2.17. The maximum Gasteiger partial charge on any atom is 0.206 e. The van der Waals surface area contributed by atoms with E-state index in [1.165, 1.54) is 48.5 Å². The highest BCUT2D eigenvalue weighted by Crippen LogP contribution is 2.23. The molecule has 0 atom stereocenters. The number of nitrogen functional groups attached to an aromatic ring is 1. The number of carboxylic acid groups (broad SMARTS) is 1. The second-order valence-electron chi connectivity index (χ2n) is 4.32. The number of nitrogens with one attached hydrogen (secondary N) is 1. The zero-order chi connectivity index (χ0) is 15.5. The molecule has 0 saturated carbocycles. The van der Waals surface area contributed by atoms with E-state index >= 15 is 0 Å². The Morgan fingerprint density at radius 1 is 1.00 bits per heavy atom. The van der Waals surface area contributed by atoms with E-state index in [1.54, 1.807) is 0 Å². The van der Waals surface area contributed by atoms with Crippen molar-refractivity contribution in [1.29, 1.82) is 0 Å². The maximum absolute atomic E-state index is 12.4. The molecule has 0 unspecified atom stereocenters. The monoisotopic (exact) mass is 305 g/mol. The first-order chi connectivity index (χ1) is 9.89. The number of carbonyl (C=O) groups is 1. The third-order valence-electron chi connectivity index (χ3n) is 2.79. The van der Waals surface area contributed by atoms with Gasteiger partial charge in [0.05, 0.1) is 22.3 Å². The van der Waals surface area contributed by atoms with Gasteiger partial charge in [0.1, 0.15) is 0 Å². The van der Waals surface area contributed by atoms with Crippen LogP contribution in [0.1, 0.15) is 0 Å². The van der Waals surface area contributed by atoms with E-state index in [4.69, 9.17) is 5.73 Å². The highest BCUT2D eigenvalue weighted by molar-refractivity contribution is 7.91. The summed E-state index contributed by atoms with van der Waals surface area (Å²) < 4.78 is 24.7. The van der Waals surface area contributed by atoms with Crippen LogP contribution in [0.4, 0.5) is 11.4 Å². The number of rotatable bonds is 5. The predicted octanol–water partition coefficient (Wildman–Crippen LogP) is 0.263. The Hall–Kier alpha value is -2.54. The third kappa shape index (κ3) is 3.51. The van der Waals surface area contributed by atoms with Crippen LogP contribution >= 0.6 is 0 Å². The number of carbonyl (C=O) groups excluding carboxylic acids is 1. The van der Waals surface area contributed by atoms with E-state index in [1.807, 2.05) is 0 Å². The molecule has 0 fully saturated rings. The minimum atomic E-state index is -3.62. The van der Waals surface area contributed by atoms with Crippen molar-refractivity contribution in [2.45, 2.75) is 9.79 Å². The van der Waals surface area contributed by atoms with Crippen LogP contribution < -0.4 is 16.2 Å². The van der Waals surface area contributed by atoms with E-state index < -0.39 is 15.8 Å². The van der Waals surface area contributed by atoms with Crippen LogP contribution in [0.5, 0.6) is 0 Å². The zero-order valence-corrected chi connectivity index (χ0v) is 11.8. The number of aliphatic carboxylic acids is 1. The highest BCUT2D eigenvalue weighted by atomic mass is 32.2. The Bertz CT molecular complexity index is 738. The van der Waals surface area contributed by atoms with Crippen LogP contribution in [0.3, 0.4) is 0 Å². The van der Waals surface area contributed by atoms with Crippen LogP contribution in [0, 0.1) is 0 Å². The van der Waals surface area contributed by atoms with Gasteiger partial charge in [0.2, 0.25) is 9.84 Å². The smallest absolute Gasteiger partial charge is 0.206 e. The Kier molecular flexibility index (Phi) is 4.13. The number of hydrogen-bond acceptors (Lipinski definition) is 6. The summed E-state index contributed by atoms with van der Waals surface area (Å²) in [4.78, 5) is 10.6. The molecule has 21 heavy (non-hydrogen) atoms. The lowest BCUT2D eigenvalue weighted by molar-refractivity contribution is -0.302. The van der Waals surface area contributed by atoms with Gasteiger partial charge in [-0.15, -0.1) is 0 Å². The minimum Gasteiger partial charge on any atom is -0.548 e. The average molecular weight is 305 g/mol. The van der Waals surface area contributed by atoms with Crippen molar-refractivity contribution >= 4 is 27.2 Å². The first kappa shape index (κ1) is 14.9. The van der Waals surface area contributed by atoms with E-state index in [2.05, 4.69) is 5.32 Å². The van der Waals surface area contributed by atoms with Crippen molar-refractivity contribution < 1.29 is 18.3 Å². The standard InChI is InChI=1S/C14H14N2O4S/c15-10-1-5-12(6-2-10)21(19,20)13-7-3-11(4-8-13)16-9-14(17)18/h1-8,16H,9,15H2,(H,17,18)/p-1. The van der Waals surface area contributed by atoms with Gasteiger partial charge >= 0.3 is 0 Å². The number of hydrogen-bond donors (Lipinski definition) is 2. The van der Waals surface area contributed by atoms with Crippen molar-refractivity contribution in [3.05, 3.63) is 48.5 Å². The molecule has 0 spiro atoms. The number of anilines is 2. The van der Waals surface area contributed by atoms with Crippen LogP contribution in [-0.4, -0.2) is 20.9 Å². The summed E-state index contributed by atoms with van der Waals surface area (Å²) in [6, 6.07) is 11.7. The van der Waals surface area contributed by atoms with Crippen molar-refractivity contribution in [2.24, 2.45) is 0 Å². The Morgan fingerprint density at radius 2 is 1.48 bits per heavy atom. The molecule has 7 heteroatoms. The molecule has 0 aromatic heterocycles. The molecule has 0 aliphatic heterocycles. The van der Waals surface area contributed by atoms with Crippen LogP contribution in [0.2, 0.25) is 0 Å². The summed E-state index contributed by atoms with van der Waals surface area (Å²) in [6.45, 7) is -0.343. The number of sulfone groups is 1. The molecule has 3 N–H and O–H groups in total. The number of carboxylic acids is 1. The first-order valence-electron chi connectivity index (χ1n) is 6.04. The molecule has 0 aliphatic rings. The summed E-state index contributed by atoms with van der Waals surface area (Å²) in [7, 11) is -3.62. The lowest BCUT2D eigenvalue weighted by Gasteiger charge is -2.09. The molecule has 0 saturated heterocycles. The molecule has 2 aromatic carbocycles. The van der Waals surface area contributed by atoms with Crippen molar-refractivity contribution in [3.63, 3.8) is 0 Å². The summed E-state index contributed by atoms with van der Waals surface area (Å²) in [5.41, 5.74) is 6.51. The van der Waals surface area contributed by atoms with Gasteiger partial charge < -0.3 is 21.0 Å². The second-order valence-corrected chi connectivity index (χ2v) is 6.27.